The summed E-state index contributed by atoms with van der Waals surface area (Å²) < 4.78 is 0. The van der Waals surface area contributed by atoms with Gasteiger partial charge in [0.05, 0.1) is 12.9 Å². The number of aliphatic hydroxyl groups is 1. The van der Waals surface area contributed by atoms with Crippen molar-refractivity contribution in [1.29, 1.82) is 0 Å². The van der Waals surface area contributed by atoms with Crippen molar-refractivity contribution in [2.24, 2.45) is 5.73 Å². The molecule has 0 saturated heterocycles. The summed E-state index contributed by atoms with van der Waals surface area (Å²) >= 11 is 0. The molecule has 34 heavy (non-hydrogen) atoms. The van der Waals surface area contributed by atoms with E-state index in [1.807, 2.05) is 0 Å². The number of H-pyrrole nitrogens is 1. The first-order chi connectivity index (χ1) is 16.1. The minimum absolute atomic E-state index is 0.0138. The Morgan fingerprint density at radius 2 is 1.59 bits per heavy atom. The Labute approximate surface area is 194 Å². The van der Waals surface area contributed by atoms with E-state index in [-0.39, 0.29) is 18.6 Å². The summed E-state index contributed by atoms with van der Waals surface area (Å²) in [5.41, 5.74) is 6.64. The molecule has 2 aromatic rings. The number of carbonyl (C=O) groups excluding carboxylic acids is 3. The van der Waals surface area contributed by atoms with Gasteiger partial charge in [-0.3, -0.25) is 19.2 Å². The van der Waals surface area contributed by atoms with Gasteiger partial charge >= 0.3 is 5.97 Å². The molecule has 1 aromatic heterocycles. The van der Waals surface area contributed by atoms with Crippen molar-refractivity contribution in [3.8, 4) is 5.75 Å². The van der Waals surface area contributed by atoms with E-state index in [9.17, 15) is 24.3 Å². The highest BCUT2D eigenvalue weighted by atomic mass is 16.4. The molecule has 4 unspecified atom stereocenters. The minimum Gasteiger partial charge on any atom is -0.508 e. The number of aliphatic hydroxyl groups excluding tert-OH is 1. The third-order valence-corrected chi connectivity index (χ3v) is 4.88. The molecule has 2 rings (SSSR count). The molecule has 0 saturated carbocycles. The number of phenolic OH excluding ortho intramolecular Hbond substituents is 1. The Hall–Kier alpha value is -3.97. The average Bonchev–Trinajstić information content (AvgIpc) is 3.31. The Morgan fingerprint density at radius 3 is 2.15 bits per heavy atom. The number of hydrogen-bond acceptors (Lipinski definition) is 8. The molecule has 0 spiro atoms. The highest BCUT2D eigenvalue weighted by Gasteiger charge is 2.30. The van der Waals surface area contributed by atoms with Crippen LogP contribution in [0.2, 0.25) is 0 Å². The van der Waals surface area contributed by atoms with Crippen LogP contribution in [-0.2, 0) is 32.0 Å². The van der Waals surface area contributed by atoms with Crippen molar-refractivity contribution in [3.63, 3.8) is 0 Å². The first-order valence-corrected chi connectivity index (χ1v) is 10.4. The van der Waals surface area contributed by atoms with E-state index in [0.717, 1.165) is 0 Å². The van der Waals surface area contributed by atoms with Gasteiger partial charge in [-0.1, -0.05) is 12.1 Å². The maximum absolute atomic E-state index is 13.1. The topological polar surface area (TPSA) is 220 Å². The van der Waals surface area contributed by atoms with Crippen molar-refractivity contribution in [3.05, 3.63) is 48.0 Å². The fraction of sp³-hybridized carbons (Fsp3) is 0.381. The van der Waals surface area contributed by atoms with Gasteiger partial charge in [-0.15, -0.1) is 0 Å². The van der Waals surface area contributed by atoms with Crippen LogP contribution in [-0.4, -0.2) is 79.8 Å². The SMILES string of the molecule is CC(NC(=O)C(Cc1cnc[nH]1)NC(=O)C(Cc1ccc(O)cc1)NC(=O)C(N)CO)C(=O)O. The van der Waals surface area contributed by atoms with Gasteiger partial charge in [-0.05, 0) is 24.6 Å². The average molecular weight is 476 g/mol. The first-order valence-electron chi connectivity index (χ1n) is 10.4. The summed E-state index contributed by atoms with van der Waals surface area (Å²) in [6, 6.07) is 1.07. The van der Waals surface area contributed by atoms with Crippen LogP contribution in [0.3, 0.4) is 0 Å². The van der Waals surface area contributed by atoms with Crippen LogP contribution in [0.15, 0.2) is 36.8 Å². The molecule has 1 heterocycles. The van der Waals surface area contributed by atoms with Crippen LogP contribution in [0.1, 0.15) is 18.2 Å². The lowest BCUT2D eigenvalue weighted by molar-refractivity contribution is -0.141. The van der Waals surface area contributed by atoms with Gasteiger partial charge in [-0.2, -0.15) is 0 Å². The molecule has 9 N–H and O–H groups in total. The number of phenols is 1. The number of rotatable bonds is 12. The molecule has 0 aliphatic rings. The monoisotopic (exact) mass is 476 g/mol. The Balaban J connectivity index is 2.24. The van der Waals surface area contributed by atoms with Gasteiger partial charge < -0.3 is 42.0 Å². The quantitative estimate of drug-likeness (QED) is 0.166. The normalized spacial score (nSPS) is 14.3. The number of aromatic nitrogens is 2. The number of nitrogens with two attached hydrogens (primary N) is 1. The van der Waals surface area contributed by atoms with Crippen LogP contribution in [0.25, 0.3) is 0 Å². The van der Waals surface area contributed by atoms with Crippen LogP contribution >= 0.6 is 0 Å². The second-order valence-electron chi connectivity index (χ2n) is 7.63. The molecule has 0 aliphatic carbocycles. The van der Waals surface area contributed by atoms with Gasteiger partial charge in [0, 0.05) is 24.7 Å². The molecule has 13 heteroatoms. The fourth-order valence-electron chi connectivity index (χ4n) is 2.91. The molecule has 3 amide bonds. The lowest BCUT2D eigenvalue weighted by Gasteiger charge is -2.24. The zero-order valence-electron chi connectivity index (χ0n) is 18.4. The number of imidazole rings is 1. The number of aromatic hydroxyl groups is 1. The highest BCUT2D eigenvalue weighted by molar-refractivity contribution is 5.94. The van der Waals surface area contributed by atoms with Crippen molar-refractivity contribution >= 4 is 23.7 Å². The number of benzene rings is 1. The van der Waals surface area contributed by atoms with E-state index in [1.54, 1.807) is 12.1 Å². The molecule has 0 fully saturated rings. The first kappa shape index (κ1) is 26.3. The number of aromatic amines is 1. The second-order valence-corrected chi connectivity index (χ2v) is 7.63. The molecule has 4 atom stereocenters. The second kappa shape index (κ2) is 12.3. The fourth-order valence-corrected chi connectivity index (χ4v) is 2.91. The third kappa shape index (κ3) is 7.86. The van der Waals surface area contributed by atoms with Crippen LogP contribution < -0.4 is 21.7 Å². The van der Waals surface area contributed by atoms with E-state index < -0.39 is 54.5 Å². The summed E-state index contributed by atoms with van der Waals surface area (Å²) in [7, 11) is 0. The molecular weight excluding hydrogens is 448 g/mol. The van der Waals surface area contributed by atoms with Crippen molar-refractivity contribution in [2.75, 3.05) is 6.61 Å². The Kier molecular flexibility index (Phi) is 9.52. The molecule has 0 radical (unpaired) electrons. The van der Waals surface area contributed by atoms with E-state index in [1.165, 1.54) is 31.6 Å². The van der Waals surface area contributed by atoms with Crippen LogP contribution in [0, 0.1) is 0 Å². The number of carboxylic acids is 1. The maximum Gasteiger partial charge on any atom is 0.325 e. The highest BCUT2D eigenvalue weighted by Crippen LogP contribution is 2.12. The number of amides is 3. The van der Waals surface area contributed by atoms with Gasteiger partial charge in [0.1, 0.15) is 29.9 Å². The molecular formula is C21H28N6O7. The van der Waals surface area contributed by atoms with Crippen LogP contribution in [0.5, 0.6) is 5.75 Å². The zero-order valence-corrected chi connectivity index (χ0v) is 18.4. The van der Waals surface area contributed by atoms with Gasteiger partial charge in [0.2, 0.25) is 17.7 Å². The van der Waals surface area contributed by atoms with Gasteiger partial charge in [-0.25, -0.2) is 4.98 Å². The summed E-state index contributed by atoms with van der Waals surface area (Å²) in [6.45, 7) is 0.636. The van der Waals surface area contributed by atoms with Crippen molar-refractivity contribution < 1.29 is 34.5 Å². The van der Waals surface area contributed by atoms with E-state index in [4.69, 9.17) is 15.9 Å². The van der Waals surface area contributed by atoms with Crippen molar-refractivity contribution in [2.45, 2.75) is 43.9 Å². The lowest BCUT2D eigenvalue weighted by atomic mass is 10.0. The number of nitrogens with zero attached hydrogens (tertiary/aromatic N) is 1. The van der Waals surface area contributed by atoms with Crippen molar-refractivity contribution in [1.82, 2.24) is 25.9 Å². The number of carboxylic acid groups (broad SMARTS) is 1. The maximum atomic E-state index is 13.1. The summed E-state index contributed by atoms with van der Waals surface area (Å²) in [4.78, 5) is 55.9. The van der Waals surface area contributed by atoms with E-state index in [2.05, 4.69) is 25.9 Å². The summed E-state index contributed by atoms with van der Waals surface area (Å²) in [6.07, 6.45) is 2.79. The lowest BCUT2D eigenvalue weighted by Crippen LogP contribution is -2.58. The number of hydrogen-bond donors (Lipinski definition) is 8. The number of nitrogens with one attached hydrogen (secondary N) is 4. The summed E-state index contributed by atoms with van der Waals surface area (Å²) in [5.74, 6) is -3.51. The minimum atomic E-state index is -1.27. The number of carbonyl (C=O) groups is 4. The molecule has 1 aromatic carbocycles. The molecule has 184 valence electrons. The standard InChI is InChI=1S/C21H28N6O7/c1-11(21(33)34)25-19(31)17(7-13-8-23-10-24-13)27-20(32)16(26-18(30)15(22)9-28)6-12-2-4-14(29)5-3-12/h2-5,8,10-11,15-17,28-29H,6-7,9,22H2,1H3,(H,23,24)(H,25,31)(H,26,30)(H,27,32)(H,33,34). The van der Waals surface area contributed by atoms with Gasteiger partial charge in [0.15, 0.2) is 0 Å². The predicted octanol–water partition coefficient (Wildman–Crippen LogP) is -2.22. The Bertz CT molecular complexity index is 980. The molecule has 0 aliphatic heterocycles. The van der Waals surface area contributed by atoms with E-state index >= 15 is 0 Å². The molecule has 13 nitrogen and oxygen atoms in total. The van der Waals surface area contributed by atoms with Gasteiger partial charge in [0.25, 0.3) is 0 Å². The number of aliphatic carboxylic acids is 1. The largest absolute Gasteiger partial charge is 0.508 e. The zero-order chi connectivity index (χ0) is 25.3. The summed E-state index contributed by atoms with van der Waals surface area (Å²) in [5, 5.41) is 35.0. The predicted molar refractivity (Wildman–Crippen MR) is 118 cm³/mol. The smallest absolute Gasteiger partial charge is 0.325 e. The van der Waals surface area contributed by atoms with Crippen LogP contribution in [0.4, 0.5) is 0 Å². The molecule has 0 bridgehead atoms. The Morgan fingerprint density at radius 1 is 1.00 bits per heavy atom. The van der Waals surface area contributed by atoms with E-state index in [0.29, 0.717) is 11.3 Å². The third-order valence-electron chi connectivity index (χ3n) is 4.88.